The molecule has 0 amide bonds. The van der Waals surface area contributed by atoms with E-state index in [-0.39, 0.29) is 4.83 Å². The lowest BCUT2D eigenvalue weighted by atomic mass is 10.1. The Balaban J connectivity index is 2.14. The molecule has 1 aromatic carbocycles. The third kappa shape index (κ3) is 2.25. The molecule has 2 N–H and O–H groups in total. The molecule has 0 saturated heterocycles. The fourth-order valence-electron chi connectivity index (χ4n) is 2.09. The Labute approximate surface area is 126 Å². The predicted molar refractivity (Wildman–Crippen MR) is 85.0 cm³/mol. The minimum absolute atomic E-state index is 0.0716. The summed E-state index contributed by atoms with van der Waals surface area (Å²) in [4.78, 5) is 29.1. The van der Waals surface area contributed by atoms with Crippen molar-refractivity contribution in [3.8, 4) is 0 Å². The second kappa shape index (κ2) is 5.03. The average molecular weight is 351 g/mol. The van der Waals surface area contributed by atoms with Crippen LogP contribution < -0.4 is 11.1 Å². The molecule has 2 aromatic heterocycles. The number of fused-ring (bicyclic) bond motifs is 1. The monoisotopic (exact) mass is 350 g/mol. The summed E-state index contributed by atoms with van der Waals surface area (Å²) in [7, 11) is 0. The fourth-order valence-corrected chi connectivity index (χ4v) is 3.98. The summed E-state index contributed by atoms with van der Waals surface area (Å²) in [6.45, 7) is 2.07. The van der Waals surface area contributed by atoms with Crippen LogP contribution in [0.15, 0.2) is 39.2 Å². The van der Waals surface area contributed by atoms with Gasteiger partial charge in [-0.3, -0.25) is 9.59 Å². The van der Waals surface area contributed by atoms with Crippen LogP contribution in [0.5, 0.6) is 0 Å². The largest absolute Gasteiger partial charge is 0.316 e. The highest BCUT2D eigenvalue weighted by atomic mass is 79.9. The van der Waals surface area contributed by atoms with E-state index < -0.39 is 11.1 Å². The van der Waals surface area contributed by atoms with Gasteiger partial charge in [0.25, 0.3) is 0 Å². The number of halogens is 1. The molecule has 20 heavy (non-hydrogen) atoms. The van der Waals surface area contributed by atoms with E-state index >= 15 is 0 Å². The Morgan fingerprint density at radius 2 is 1.80 bits per heavy atom. The van der Waals surface area contributed by atoms with Gasteiger partial charge < -0.3 is 9.97 Å². The van der Waals surface area contributed by atoms with Crippen molar-refractivity contribution >= 4 is 38.3 Å². The number of thiophene rings is 1. The lowest BCUT2D eigenvalue weighted by molar-refractivity contribution is 1.13. The highest BCUT2D eigenvalue weighted by Crippen LogP contribution is 2.36. The quantitative estimate of drug-likeness (QED) is 0.551. The Kier molecular flexibility index (Phi) is 3.35. The van der Waals surface area contributed by atoms with Gasteiger partial charge in [0, 0.05) is 4.88 Å². The summed E-state index contributed by atoms with van der Waals surface area (Å²) >= 11 is 5.38. The van der Waals surface area contributed by atoms with Crippen LogP contribution in [0.4, 0.5) is 0 Å². The number of aromatic amines is 2. The molecule has 3 aromatic rings. The van der Waals surface area contributed by atoms with Gasteiger partial charge in [-0.15, -0.1) is 11.3 Å². The highest BCUT2D eigenvalue weighted by molar-refractivity contribution is 9.09. The molecule has 0 bridgehead atoms. The normalized spacial score (nSPS) is 12.7. The Bertz CT molecular complexity index is 894. The van der Waals surface area contributed by atoms with E-state index in [1.54, 1.807) is 17.4 Å². The first-order chi connectivity index (χ1) is 9.56. The fraction of sp³-hybridized carbons (Fsp3) is 0.143. The lowest BCUT2D eigenvalue weighted by Crippen LogP contribution is -2.28. The van der Waals surface area contributed by atoms with E-state index in [2.05, 4.69) is 44.3 Å². The molecule has 0 spiro atoms. The third-order valence-corrected chi connectivity index (χ3v) is 5.54. The summed E-state index contributed by atoms with van der Waals surface area (Å²) in [6, 6.07) is 7.70. The van der Waals surface area contributed by atoms with Gasteiger partial charge in [-0.25, -0.2) is 0 Å². The number of alkyl halides is 1. The topological polar surface area (TPSA) is 65.7 Å². The first-order valence-electron chi connectivity index (χ1n) is 6.00. The summed E-state index contributed by atoms with van der Waals surface area (Å²) in [5.41, 5.74) is 2.26. The second-order valence-corrected chi connectivity index (χ2v) is 6.41. The minimum atomic E-state index is -0.631. The molecule has 0 fully saturated rings. The Morgan fingerprint density at radius 1 is 1.10 bits per heavy atom. The summed E-state index contributed by atoms with van der Waals surface area (Å²) < 4.78 is 0. The van der Waals surface area contributed by atoms with Crippen molar-refractivity contribution in [2.75, 3.05) is 0 Å². The first kappa shape index (κ1) is 13.3. The van der Waals surface area contributed by atoms with E-state index in [0.29, 0.717) is 11.0 Å². The number of nitrogens with one attached hydrogen (secondary N) is 2. The average Bonchev–Trinajstić information content (AvgIpc) is 2.85. The van der Waals surface area contributed by atoms with Crippen molar-refractivity contribution in [2.24, 2.45) is 0 Å². The molecule has 0 radical (unpaired) electrons. The molecule has 1 atom stereocenters. The van der Waals surface area contributed by atoms with E-state index in [0.717, 1.165) is 5.56 Å². The van der Waals surface area contributed by atoms with Gasteiger partial charge in [0.05, 0.1) is 15.9 Å². The lowest BCUT2D eigenvalue weighted by Gasteiger charge is -2.10. The van der Waals surface area contributed by atoms with Crippen LogP contribution in [0.25, 0.3) is 11.0 Å². The number of aromatic nitrogens is 2. The third-order valence-electron chi connectivity index (χ3n) is 3.17. The molecule has 0 aliphatic heterocycles. The smallest absolute Gasteiger partial charge is 0.314 e. The standard InChI is InChI=1S/C14H11BrN2O2S/c1-7-4-5-20-12(7)11(15)8-2-3-9-10(6-8)17-14(19)13(18)16-9/h2-6,11H,1H3,(H,16,18)(H,17,19). The predicted octanol–water partition coefficient (Wildman–Crippen LogP) is 3.07. The summed E-state index contributed by atoms with van der Waals surface area (Å²) in [5.74, 6) is 0. The number of rotatable bonds is 2. The van der Waals surface area contributed by atoms with Gasteiger partial charge in [0.1, 0.15) is 0 Å². The molecule has 0 saturated carbocycles. The van der Waals surface area contributed by atoms with Crippen molar-refractivity contribution in [2.45, 2.75) is 11.8 Å². The summed E-state index contributed by atoms with van der Waals surface area (Å²) in [6.07, 6.45) is 0. The van der Waals surface area contributed by atoms with E-state index in [9.17, 15) is 9.59 Å². The number of hydrogen-bond donors (Lipinski definition) is 2. The van der Waals surface area contributed by atoms with Crippen molar-refractivity contribution in [1.29, 1.82) is 0 Å². The zero-order chi connectivity index (χ0) is 14.3. The molecule has 2 heterocycles. The molecule has 3 rings (SSSR count). The number of hydrogen-bond acceptors (Lipinski definition) is 3. The van der Waals surface area contributed by atoms with Crippen LogP contribution in [0.2, 0.25) is 0 Å². The zero-order valence-electron chi connectivity index (χ0n) is 10.6. The van der Waals surface area contributed by atoms with Gasteiger partial charge >= 0.3 is 11.1 Å². The molecule has 102 valence electrons. The van der Waals surface area contributed by atoms with E-state index in [4.69, 9.17) is 0 Å². The van der Waals surface area contributed by atoms with E-state index in [1.165, 1.54) is 10.4 Å². The maximum Gasteiger partial charge on any atom is 0.314 e. The van der Waals surface area contributed by atoms with Crippen LogP contribution in [0, 0.1) is 6.92 Å². The molecule has 1 unspecified atom stereocenters. The minimum Gasteiger partial charge on any atom is -0.316 e. The van der Waals surface area contributed by atoms with Crippen molar-refractivity contribution in [3.05, 3.63) is 66.4 Å². The van der Waals surface area contributed by atoms with Crippen molar-refractivity contribution in [3.63, 3.8) is 0 Å². The van der Waals surface area contributed by atoms with Crippen molar-refractivity contribution in [1.82, 2.24) is 9.97 Å². The first-order valence-corrected chi connectivity index (χ1v) is 7.80. The van der Waals surface area contributed by atoms with Gasteiger partial charge in [0.2, 0.25) is 0 Å². The van der Waals surface area contributed by atoms with Gasteiger partial charge in [-0.2, -0.15) is 0 Å². The van der Waals surface area contributed by atoms with Crippen LogP contribution >= 0.6 is 27.3 Å². The Morgan fingerprint density at radius 3 is 2.45 bits per heavy atom. The number of H-pyrrole nitrogens is 2. The van der Waals surface area contributed by atoms with Crippen LogP contribution in [0.1, 0.15) is 20.8 Å². The van der Waals surface area contributed by atoms with Gasteiger partial charge in [-0.05, 0) is 41.6 Å². The molecular weight excluding hydrogens is 340 g/mol. The molecule has 0 aliphatic carbocycles. The van der Waals surface area contributed by atoms with E-state index in [1.807, 2.05) is 12.1 Å². The number of aryl methyl sites for hydroxylation is 1. The summed E-state index contributed by atoms with van der Waals surface area (Å²) in [5, 5.41) is 2.05. The molecule has 6 heteroatoms. The van der Waals surface area contributed by atoms with Crippen molar-refractivity contribution < 1.29 is 0 Å². The highest BCUT2D eigenvalue weighted by Gasteiger charge is 2.14. The molecular formula is C14H11BrN2O2S. The SMILES string of the molecule is Cc1ccsc1C(Br)c1ccc2[nH]c(=O)c(=O)[nH]c2c1. The molecule has 4 nitrogen and oxygen atoms in total. The Hall–Kier alpha value is -1.66. The van der Waals surface area contributed by atoms with Crippen LogP contribution in [-0.4, -0.2) is 9.97 Å². The maximum atomic E-state index is 11.4. The molecule has 0 aliphatic rings. The second-order valence-electron chi connectivity index (χ2n) is 4.54. The maximum absolute atomic E-state index is 11.4. The number of benzene rings is 1. The van der Waals surface area contributed by atoms with Gasteiger partial charge in [0.15, 0.2) is 0 Å². The van der Waals surface area contributed by atoms with Crippen LogP contribution in [-0.2, 0) is 0 Å². The van der Waals surface area contributed by atoms with Gasteiger partial charge in [-0.1, -0.05) is 22.0 Å². The van der Waals surface area contributed by atoms with Crippen LogP contribution in [0.3, 0.4) is 0 Å². The zero-order valence-corrected chi connectivity index (χ0v) is 13.0.